The SMILES string of the molecule is O=C(Cc1nccn1CCc1ccccc1)c1ccccc1. The summed E-state index contributed by atoms with van der Waals surface area (Å²) in [5, 5.41) is 0. The highest BCUT2D eigenvalue weighted by molar-refractivity contribution is 5.97. The van der Waals surface area contributed by atoms with Gasteiger partial charge in [0.2, 0.25) is 0 Å². The number of hydrogen-bond acceptors (Lipinski definition) is 2. The second kappa shape index (κ2) is 6.85. The normalized spacial score (nSPS) is 10.5. The van der Waals surface area contributed by atoms with E-state index in [0.717, 1.165) is 24.4 Å². The first kappa shape index (κ1) is 14.3. The van der Waals surface area contributed by atoms with Crippen molar-refractivity contribution in [3.63, 3.8) is 0 Å². The lowest BCUT2D eigenvalue weighted by Crippen LogP contribution is -2.11. The molecular weight excluding hydrogens is 272 g/mol. The van der Waals surface area contributed by atoms with Gasteiger partial charge in [-0.1, -0.05) is 60.7 Å². The molecule has 22 heavy (non-hydrogen) atoms. The number of imidazole rings is 1. The number of nitrogens with zero attached hydrogens (tertiary/aromatic N) is 2. The topological polar surface area (TPSA) is 34.9 Å². The first-order valence-electron chi connectivity index (χ1n) is 7.45. The molecule has 3 aromatic rings. The third-order valence-corrected chi connectivity index (χ3v) is 3.70. The molecule has 0 N–H and O–H groups in total. The van der Waals surface area contributed by atoms with Crippen LogP contribution in [0, 0.1) is 0 Å². The first-order valence-corrected chi connectivity index (χ1v) is 7.45. The van der Waals surface area contributed by atoms with Gasteiger partial charge in [-0.25, -0.2) is 4.98 Å². The Kier molecular flexibility index (Phi) is 4.44. The first-order chi connectivity index (χ1) is 10.8. The molecule has 0 aliphatic carbocycles. The molecule has 0 amide bonds. The van der Waals surface area contributed by atoms with Crippen LogP contribution < -0.4 is 0 Å². The highest BCUT2D eigenvalue weighted by atomic mass is 16.1. The summed E-state index contributed by atoms with van der Waals surface area (Å²) in [6.45, 7) is 0.835. The smallest absolute Gasteiger partial charge is 0.170 e. The average molecular weight is 290 g/mol. The van der Waals surface area contributed by atoms with Crippen LogP contribution in [-0.2, 0) is 19.4 Å². The molecule has 0 bridgehead atoms. The van der Waals surface area contributed by atoms with E-state index in [4.69, 9.17) is 0 Å². The summed E-state index contributed by atoms with van der Waals surface area (Å²) in [4.78, 5) is 16.6. The zero-order valence-corrected chi connectivity index (χ0v) is 12.4. The molecule has 0 fully saturated rings. The standard InChI is InChI=1S/C19H18N2O/c22-18(17-9-5-2-6-10-17)15-19-20-12-14-21(19)13-11-16-7-3-1-4-8-16/h1-10,12,14H,11,13,15H2. The van der Waals surface area contributed by atoms with Gasteiger partial charge >= 0.3 is 0 Å². The van der Waals surface area contributed by atoms with Gasteiger partial charge in [0.1, 0.15) is 5.82 Å². The predicted molar refractivity (Wildman–Crippen MR) is 86.8 cm³/mol. The van der Waals surface area contributed by atoms with Crippen molar-refractivity contribution in [3.8, 4) is 0 Å². The van der Waals surface area contributed by atoms with Crippen molar-refractivity contribution in [2.24, 2.45) is 0 Å². The lowest BCUT2D eigenvalue weighted by atomic mass is 10.1. The molecule has 0 spiro atoms. The van der Waals surface area contributed by atoms with Gasteiger partial charge in [0, 0.05) is 24.5 Å². The van der Waals surface area contributed by atoms with Crippen molar-refractivity contribution in [2.75, 3.05) is 0 Å². The molecule has 0 atom stereocenters. The number of aromatic nitrogens is 2. The van der Waals surface area contributed by atoms with Gasteiger partial charge in [0.15, 0.2) is 5.78 Å². The summed E-state index contributed by atoms with van der Waals surface area (Å²) >= 11 is 0. The lowest BCUT2D eigenvalue weighted by molar-refractivity contribution is 0.0989. The van der Waals surface area contributed by atoms with E-state index < -0.39 is 0 Å². The number of aryl methyl sites for hydroxylation is 2. The van der Waals surface area contributed by atoms with Crippen molar-refractivity contribution in [1.29, 1.82) is 0 Å². The number of carbonyl (C=O) groups is 1. The highest BCUT2D eigenvalue weighted by Gasteiger charge is 2.11. The van der Waals surface area contributed by atoms with Crippen molar-refractivity contribution < 1.29 is 4.79 Å². The van der Waals surface area contributed by atoms with Gasteiger partial charge in [-0.2, -0.15) is 0 Å². The molecule has 0 radical (unpaired) electrons. The van der Waals surface area contributed by atoms with Crippen molar-refractivity contribution in [2.45, 2.75) is 19.4 Å². The van der Waals surface area contributed by atoms with Crippen molar-refractivity contribution >= 4 is 5.78 Å². The summed E-state index contributed by atoms with van der Waals surface area (Å²) in [7, 11) is 0. The Morgan fingerprint density at radius 1 is 0.955 bits per heavy atom. The van der Waals surface area contributed by atoms with E-state index in [1.54, 1.807) is 6.20 Å². The fraction of sp³-hybridized carbons (Fsp3) is 0.158. The number of Topliss-reactive ketones (excluding diaryl/α,β-unsaturated/α-hetero) is 1. The zero-order valence-electron chi connectivity index (χ0n) is 12.4. The third kappa shape index (κ3) is 3.50. The highest BCUT2D eigenvalue weighted by Crippen LogP contribution is 2.08. The molecule has 0 saturated heterocycles. The molecule has 3 heteroatoms. The molecule has 0 aliphatic rings. The Bertz CT molecular complexity index is 732. The summed E-state index contributed by atoms with van der Waals surface area (Å²) in [6.07, 6.45) is 4.98. The van der Waals surface area contributed by atoms with E-state index in [2.05, 4.69) is 21.7 Å². The van der Waals surface area contributed by atoms with Crippen LogP contribution in [0.3, 0.4) is 0 Å². The minimum Gasteiger partial charge on any atom is -0.334 e. The van der Waals surface area contributed by atoms with Gasteiger partial charge in [0.25, 0.3) is 0 Å². The van der Waals surface area contributed by atoms with Gasteiger partial charge in [-0.3, -0.25) is 4.79 Å². The molecule has 110 valence electrons. The van der Waals surface area contributed by atoms with Crippen LogP contribution in [-0.4, -0.2) is 15.3 Å². The van der Waals surface area contributed by atoms with E-state index in [0.29, 0.717) is 6.42 Å². The molecule has 3 nitrogen and oxygen atoms in total. The Morgan fingerprint density at radius 2 is 1.64 bits per heavy atom. The van der Waals surface area contributed by atoms with Crippen LogP contribution in [0.2, 0.25) is 0 Å². The van der Waals surface area contributed by atoms with E-state index >= 15 is 0 Å². The molecule has 0 saturated carbocycles. The van der Waals surface area contributed by atoms with Crippen LogP contribution in [0.5, 0.6) is 0 Å². The lowest BCUT2D eigenvalue weighted by Gasteiger charge is -2.08. The minimum absolute atomic E-state index is 0.104. The van der Waals surface area contributed by atoms with E-state index in [-0.39, 0.29) is 5.78 Å². The van der Waals surface area contributed by atoms with Crippen LogP contribution >= 0.6 is 0 Å². The number of hydrogen-bond donors (Lipinski definition) is 0. The summed E-state index contributed by atoms with van der Waals surface area (Å²) in [5.74, 6) is 0.928. The molecular formula is C19H18N2O. The Hall–Kier alpha value is -2.68. The number of benzene rings is 2. The molecule has 2 aromatic carbocycles. The summed E-state index contributed by atoms with van der Waals surface area (Å²) < 4.78 is 2.06. The van der Waals surface area contributed by atoms with Crippen LogP contribution in [0.1, 0.15) is 21.7 Å². The van der Waals surface area contributed by atoms with Crippen molar-refractivity contribution in [3.05, 3.63) is 90.0 Å². The third-order valence-electron chi connectivity index (χ3n) is 3.70. The Labute approximate surface area is 130 Å². The van der Waals surface area contributed by atoms with Gasteiger partial charge in [-0.05, 0) is 12.0 Å². The second-order valence-electron chi connectivity index (χ2n) is 5.24. The fourth-order valence-electron chi connectivity index (χ4n) is 2.47. The molecule has 1 aromatic heterocycles. The molecule has 1 heterocycles. The largest absolute Gasteiger partial charge is 0.334 e. The quantitative estimate of drug-likeness (QED) is 0.651. The van der Waals surface area contributed by atoms with Crippen molar-refractivity contribution in [1.82, 2.24) is 9.55 Å². The predicted octanol–water partition coefficient (Wildman–Crippen LogP) is 3.55. The number of ketones is 1. The molecule has 3 rings (SSSR count). The molecule has 0 unspecified atom stereocenters. The zero-order chi connectivity index (χ0) is 15.2. The van der Waals surface area contributed by atoms with Gasteiger partial charge in [0.05, 0.1) is 6.42 Å². The Balaban J connectivity index is 1.66. The van der Waals surface area contributed by atoms with Crippen LogP contribution in [0.4, 0.5) is 0 Å². The number of carbonyl (C=O) groups excluding carboxylic acids is 1. The van der Waals surface area contributed by atoms with Crippen LogP contribution in [0.25, 0.3) is 0 Å². The second-order valence-corrected chi connectivity index (χ2v) is 5.24. The van der Waals surface area contributed by atoms with Crippen LogP contribution in [0.15, 0.2) is 73.1 Å². The fourth-order valence-corrected chi connectivity index (χ4v) is 2.47. The summed E-state index contributed by atoms with van der Waals surface area (Å²) in [5.41, 5.74) is 2.02. The maximum absolute atomic E-state index is 12.3. The monoisotopic (exact) mass is 290 g/mol. The maximum Gasteiger partial charge on any atom is 0.170 e. The Morgan fingerprint density at radius 3 is 2.36 bits per heavy atom. The number of rotatable bonds is 6. The minimum atomic E-state index is 0.104. The molecule has 0 aliphatic heterocycles. The van der Waals surface area contributed by atoms with E-state index in [9.17, 15) is 4.79 Å². The average Bonchev–Trinajstić information content (AvgIpc) is 3.02. The van der Waals surface area contributed by atoms with Gasteiger partial charge < -0.3 is 4.57 Å². The van der Waals surface area contributed by atoms with E-state index in [1.165, 1.54) is 5.56 Å². The summed E-state index contributed by atoms with van der Waals surface area (Å²) in [6, 6.07) is 19.7. The maximum atomic E-state index is 12.3. The van der Waals surface area contributed by atoms with E-state index in [1.807, 2.05) is 54.7 Å². The van der Waals surface area contributed by atoms with Gasteiger partial charge in [-0.15, -0.1) is 0 Å².